The van der Waals surface area contributed by atoms with Gasteiger partial charge in [0, 0.05) is 11.0 Å². The summed E-state index contributed by atoms with van der Waals surface area (Å²) in [5.41, 5.74) is 0.437. The number of rotatable bonds is 13. The van der Waals surface area contributed by atoms with E-state index in [1.54, 1.807) is 65.6 Å². The number of hydrogen-bond donors (Lipinski definition) is 1. The molecule has 62 heavy (non-hydrogen) atoms. The molecule has 4 heterocycles. The highest BCUT2D eigenvalue weighted by Crippen LogP contribution is 2.42. The van der Waals surface area contributed by atoms with Crippen molar-refractivity contribution in [3.8, 4) is 5.75 Å². The number of amides is 1. The Morgan fingerprint density at radius 2 is 1.69 bits per heavy atom. The van der Waals surface area contributed by atoms with Gasteiger partial charge in [0.25, 0.3) is 10.7 Å². The van der Waals surface area contributed by atoms with Crippen LogP contribution in [-0.4, -0.2) is 94.4 Å². The second-order valence-electron chi connectivity index (χ2n) is 14.3. The van der Waals surface area contributed by atoms with Gasteiger partial charge in [-0.25, -0.2) is 25.3 Å². The summed E-state index contributed by atoms with van der Waals surface area (Å²) >= 11 is 8.62. The topological polar surface area (TPSA) is 255 Å². The first kappa shape index (κ1) is 44.6. The first-order chi connectivity index (χ1) is 29.2. The Morgan fingerprint density at radius 3 is 2.35 bits per heavy atom. The zero-order valence-corrected chi connectivity index (χ0v) is 36.8. The number of carboxylic acid groups (broad SMARTS) is 1. The Balaban J connectivity index is 1.46. The van der Waals surface area contributed by atoms with E-state index in [1.807, 2.05) is 0 Å². The quantitative estimate of drug-likeness (QED) is 0.147. The number of thiocarbonyl (C=S) groups is 1. The third-order valence-electron chi connectivity index (χ3n) is 9.97. The molecule has 23 heteroatoms. The number of ether oxygens (including phenoxy) is 2. The molecule has 3 aromatic carbocycles. The van der Waals surface area contributed by atoms with Crippen molar-refractivity contribution in [2.75, 3.05) is 28.7 Å². The van der Waals surface area contributed by atoms with Crippen molar-refractivity contribution in [3.63, 3.8) is 0 Å². The average molecular weight is 990 g/mol. The Bertz CT molecular complexity index is 3130. The van der Waals surface area contributed by atoms with Crippen molar-refractivity contribution < 1.29 is 58.5 Å². The molecule has 1 N–H and O–H groups in total. The minimum absolute atomic E-state index is 0.0880. The van der Waals surface area contributed by atoms with Gasteiger partial charge in [-0.1, -0.05) is 70.5 Å². The third kappa shape index (κ3) is 9.78. The Hall–Kier alpha value is -5.43. The van der Waals surface area contributed by atoms with E-state index < -0.39 is 99.5 Å². The van der Waals surface area contributed by atoms with Crippen molar-refractivity contribution in [2.24, 2.45) is 0 Å². The second-order valence-corrected chi connectivity index (χ2v) is 20.6. The van der Waals surface area contributed by atoms with Crippen molar-refractivity contribution >= 4 is 92.8 Å². The minimum Gasteiger partial charge on any atom is -0.748 e. The lowest BCUT2D eigenvalue weighted by atomic mass is 10.0. The highest BCUT2D eigenvalue weighted by atomic mass is 79.9. The van der Waals surface area contributed by atoms with Crippen LogP contribution in [-0.2, 0) is 63.9 Å². The number of allylic oxidation sites excluding steroid dienone is 3. The number of anilines is 1. The van der Waals surface area contributed by atoms with E-state index in [-0.39, 0.29) is 41.9 Å². The van der Waals surface area contributed by atoms with Gasteiger partial charge in [-0.05, 0) is 78.2 Å². The fourth-order valence-electron chi connectivity index (χ4n) is 7.25. The van der Waals surface area contributed by atoms with E-state index in [9.17, 15) is 53.8 Å². The second kappa shape index (κ2) is 17.4. The molecule has 0 saturated carbocycles. The molecule has 0 aliphatic carbocycles. The number of hydrogen-bond acceptors (Lipinski definition) is 15. The highest BCUT2D eigenvalue weighted by molar-refractivity contribution is 9.10. The number of fused-ring (bicyclic) bond motifs is 1. The summed E-state index contributed by atoms with van der Waals surface area (Å²) in [5, 5.41) is 9.28. The first-order valence-corrected chi connectivity index (χ1v) is 24.4. The van der Waals surface area contributed by atoms with Crippen LogP contribution in [0.3, 0.4) is 0 Å². The van der Waals surface area contributed by atoms with Crippen molar-refractivity contribution in [3.05, 3.63) is 133 Å². The summed E-state index contributed by atoms with van der Waals surface area (Å²) in [6, 6.07) is 18.6. The van der Waals surface area contributed by atoms with Crippen LogP contribution in [0.4, 0.5) is 5.69 Å². The number of sulfone groups is 1. The number of aromatic nitrogens is 2. The number of halogens is 1. The van der Waals surface area contributed by atoms with E-state index in [0.717, 1.165) is 14.7 Å². The van der Waals surface area contributed by atoms with Gasteiger partial charge in [0.15, 0.2) is 21.1 Å². The predicted octanol–water partition coefficient (Wildman–Crippen LogP) is 1.45. The number of aliphatic carboxylic acids is 1. The maximum Gasteiger partial charge on any atom is 0.323 e. The van der Waals surface area contributed by atoms with E-state index in [1.165, 1.54) is 30.4 Å². The van der Waals surface area contributed by atoms with Gasteiger partial charge in [0.1, 0.15) is 22.0 Å². The molecule has 2 fully saturated rings. The standard InChI is InChI=1S/C39H35BrN4O14S4/c40-27-11-12-31-29(20-27)42(21-26-8-4-5-9-32(26)62(54,55)56)33(57-31)13-10-25(18-24-6-2-1-3-7-24)19-30-37(47)44(28-14-16-60(49,50)23-28)36(43(30)22-34(45)46)35-38(48)41(39(59)58-35)15-17-61(51,52)53/h1-13,19-20,28H,14-18,21-23H2,(H,45,46)(H,51,52,53)(H,54,55,56)/p-2/b25-10?,30-19?,33-13?,36-35-. The summed E-state index contributed by atoms with van der Waals surface area (Å²) in [6.07, 6.45) is 4.48. The Morgan fingerprint density at radius 1 is 0.984 bits per heavy atom. The van der Waals surface area contributed by atoms with Crippen LogP contribution in [0.15, 0.2) is 111 Å². The van der Waals surface area contributed by atoms with Crippen LogP contribution in [0, 0.1) is 0 Å². The molecule has 0 spiro atoms. The smallest absolute Gasteiger partial charge is 0.323 e. The van der Waals surface area contributed by atoms with Crippen LogP contribution in [0.1, 0.15) is 23.6 Å². The molecule has 7 rings (SSSR count). The normalized spacial score (nSPS) is 19.6. The van der Waals surface area contributed by atoms with Crippen LogP contribution in [0.25, 0.3) is 11.8 Å². The van der Waals surface area contributed by atoms with Crippen LogP contribution in [0.5, 0.6) is 5.75 Å². The van der Waals surface area contributed by atoms with Gasteiger partial charge in [-0.2, -0.15) is 0 Å². The molecule has 1 aromatic heterocycles. The van der Waals surface area contributed by atoms with Crippen LogP contribution < -0.4 is 26.0 Å². The van der Waals surface area contributed by atoms with Crippen molar-refractivity contribution in [1.29, 1.82) is 0 Å². The third-order valence-corrected chi connectivity index (χ3v) is 14.1. The first-order valence-electron chi connectivity index (χ1n) is 18.4. The molecular formula is C39H33BrN4O14S4-2. The zero-order valence-electron chi connectivity index (χ0n) is 31.9. The van der Waals surface area contributed by atoms with Gasteiger partial charge in [-0.15, -0.1) is 0 Å². The molecule has 18 nitrogen and oxygen atoms in total. The summed E-state index contributed by atoms with van der Waals surface area (Å²) in [7, 11) is -13.4. The molecule has 3 aliphatic heterocycles. The Kier molecular flexibility index (Phi) is 12.5. The number of nitrogens with zero attached hydrogens (tertiary/aromatic N) is 4. The SMILES string of the molecule is O=C(O)Cn1c(=CC(=CC=C2Oc3ccc(Br)cc3N2Cc2ccccc2S(=O)(=O)[O-])Cc2ccccc2)c(=O)n(C2CCS(=O)(=O)C2)/c1=C1\OC(=S)N(CCS(=O)(=O)[O-])C1=O. The molecule has 3 aliphatic rings. The fourth-order valence-corrected chi connectivity index (χ4v) is 10.7. The van der Waals surface area contributed by atoms with Crippen molar-refractivity contribution in [2.45, 2.75) is 36.9 Å². The molecular weight excluding hydrogens is 957 g/mol. The van der Waals surface area contributed by atoms with Crippen LogP contribution in [0.2, 0.25) is 0 Å². The number of carbonyl (C=O) groups is 2. The lowest BCUT2D eigenvalue weighted by Gasteiger charge is -2.21. The summed E-state index contributed by atoms with van der Waals surface area (Å²) in [6.45, 7) is -1.80. The predicted molar refractivity (Wildman–Crippen MR) is 227 cm³/mol. The minimum atomic E-state index is -4.88. The lowest BCUT2D eigenvalue weighted by Crippen LogP contribution is -2.39. The van der Waals surface area contributed by atoms with Crippen LogP contribution >= 0.6 is 28.1 Å². The Labute approximate surface area is 367 Å². The highest BCUT2D eigenvalue weighted by Gasteiger charge is 2.39. The molecule has 0 bridgehead atoms. The fraction of sp³-hybridized carbons (Fsp3) is 0.231. The number of benzene rings is 3. The molecule has 1 atom stereocenters. The molecule has 4 aromatic rings. The molecule has 1 unspecified atom stereocenters. The van der Waals surface area contributed by atoms with Gasteiger partial charge in [-0.3, -0.25) is 23.9 Å². The van der Waals surface area contributed by atoms with Gasteiger partial charge >= 0.3 is 11.9 Å². The van der Waals surface area contributed by atoms with Gasteiger partial charge in [0.2, 0.25) is 11.6 Å². The number of carboxylic acids is 1. The van der Waals surface area contributed by atoms with Crippen molar-refractivity contribution in [1.82, 2.24) is 14.0 Å². The average Bonchev–Trinajstić information content (AvgIpc) is 3.89. The maximum atomic E-state index is 14.7. The van der Waals surface area contributed by atoms with E-state index >= 15 is 0 Å². The molecule has 326 valence electrons. The van der Waals surface area contributed by atoms with E-state index in [2.05, 4.69) is 15.9 Å². The summed E-state index contributed by atoms with van der Waals surface area (Å²) in [5.74, 6) is -4.61. The largest absolute Gasteiger partial charge is 0.748 e. The van der Waals surface area contributed by atoms with E-state index in [4.69, 9.17) is 21.7 Å². The lowest BCUT2D eigenvalue weighted by molar-refractivity contribution is -0.137. The summed E-state index contributed by atoms with van der Waals surface area (Å²) in [4.78, 5) is 42.9. The molecule has 0 radical (unpaired) electrons. The monoisotopic (exact) mass is 988 g/mol. The number of imidazole rings is 1. The maximum absolute atomic E-state index is 14.7. The van der Waals surface area contributed by atoms with Gasteiger partial charge in [0.05, 0.1) is 50.5 Å². The summed E-state index contributed by atoms with van der Waals surface area (Å²) < 4.78 is 111. The zero-order chi connectivity index (χ0) is 44.7. The molecule has 1 amide bonds. The molecule has 2 saturated heterocycles. The van der Waals surface area contributed by atoms with Gasteiger partial charge < -0.3 is 33.2 Å². The number of carbonyl (C=O) groups excluding carboxylic acids is 1. The van der Waals surface area contributed by atoms with E-state index in [0.29, 0.717) is 26.4 Å².